The van der Waals surface area contributed by atoms with Crippen molar-refractivity contribution >= 4 is 30.2 Å². The summed E-state index contributed by atoms with van der Waals surface area (Å²) >= 11 is 5.14. The van der Waals surface area contributed by atoms with Crippen LogP contribution in [0.5, 0.6) is 0 Å². The first-order chi connectivity index (χ1) is 12.6. The molecule has 0 aliphatic rings. The van der Waals surface area contributed by atoms with Crippen molar-refractivity contribution in [2.75, 3.05) is 0 Å². The van der Waals surface area contributed by atoms with E-state index < -0.39 is 4.92 Å². The van der Waals surface area contributed by atoms with Gasteiger partial charge in [0.2, 0.25) is 4.77 Å². The molecule has 0 aliphatic heterocycles. The number of aromatic amines is 1. The van der Waals surface area contributed by atoms with Crippen LogP contribution >= 0.6 is 12.2 Å². The zero-order valence-electron chi connectivity index (χ0n) is 13.2. The molecule has 26 heavy (non-hydrogen) atoms. The minimum absolute atomic E-state index is 0.00377. The second-order valence-corrected chi connectivity index (χ2v) is 5.50. The molecule has 0 aliphatic carbocycles. The molecule has 9 heteroatoms. The molecule has 3 rings (SSSR count). The van der Waals surface area contributed by atoms with E-state index in [1.807, 2.05) is 0 Å². The van der Waals surface area contributed by atoms with Crippen LogP contribution in [0.2, 0.25) is 0 Å². The Balaban J connectivity index is 1.86. The summed E-state index contributed by atoms with van der Waals surface area (Å²) in [7, 11) is 0. The smallest absolute Gasteiger partial charge is 0.258 e. The minimum atomic E-state index is -0.449. The molecule has 0 atom stereocenters. The van der Waals surface area contributed by atoms with E-state index in [1.54, 1.807) is 42.5 Å². The number of hydrogen-bond acceptors (Lipinski definition) is 5. The molecule has 0 saturated carbocycles. The highest BCUT2D eigenvalue weighted by atomic mass is 32.1. The molecule has 7 nitrogen and oxygen atoms in total. The lowest BCUT2D eigenvalue weighted by atomic mass is 10.2. The molecule has 0 unspecified atom stereocenters. The summed E-state index contributed by atoms with van der Waals surface area (Å²) in [6, 6.07) is 12.1. The van der Waals surface area contributed by atoms with Crippen LogP contribution in [0.25, 0.3) is 17.5 Å². The predicted octanol–water partition coefficient (Wildman–Crippen LogP) is 4.20. The summed E-state index contributed by atoms with van der Waals surface area (Å²) < 4.78 is 14.7. The Labute approximate surface area is 152 Å². The molecule has 0 fully saturated rings. The van der Waals surface area contributed by atoms with Crippen molar-refractivity contribution in [2.24, 2.45) is 5.10 Å². The first kappa shape index (κ1) is 17.4. The van der Waals surface area contributed by atoms with E-state index in [9.17, 15) is 14.5 Å². The number of nitro groups is 1. The van der Waals surface area contributed by atoms with Crippen LogP contribution in [-0.4, -0.2) is 26.0 Å². The zero-order chi connectivity index (χ0) is 18.5. The van der Waals surface area contributed by atoms with Gasteiger partial charge in [0.15, 0.2) is 5.82 Å². The number of benzene rings is 2. The maximum atomic E-state index is 13.1. The normalized spacial score (nSPS) is 11.4. The average Bonchev–Trinajstić information content (AvgIpc) is 3.00. The molecule has 1 N–H and O–H groups in total. The van der Waals surface area contributed by atoms with Gasteiger partial charge in [0.1, 0.15) is 5.82 Å². The van der Waals surface area contributed by atoms with E-state index in [2.05, 4.69) is 15.3 Å². The van der Waals surface area contributed by atoms with Crippen molar-refractivity contribution in [3.05, 3.63) is 80.9 Å². The molecule has 130 valence electrons. The average molecular weight is 369 g/mol. The van der Waals surface area contributed by atoms with Gasteiger partial charge in [0.25, 0.3) is 5.69 Å². The second-order valence-electron chi connectivity index (χ2n) is 5.11. The van der Waals surface area contributed by atoms with Crippen LogP contribution in [0, 0.1) is 20.7 Å². The number of H-pyrrole nitrogens is 1. The van der Waals surface area contributed by atoms with Gasteiger partial charge >= 0.3 is 0 Å². The van der Waals surface area contributed by atoms with Gasteiger partial charge in [-0.1, -0.05) is 12.1 Å². The Bertz CT molecular complexity index is 1050. The van der Waals surface area contributed by atoms with Gasteiger partial charge in [-0.05, 0) is 54.7 Å². The maximum Gasteiger partial charge on any atom is 0.276 e. The number of nitrogens with one attached hydrogen (secondary N) is 1. The monoisotopic (exact) mass is 369 g/mol. The Hall–Kier alpha value is -3.46. The van der Waals surface area contributed by atoms with Crippen molar-refractivity contribution in [1.29, 1.82) is 0 Å². The van der Waals surface area contributed by atoms with Crippen molar-refractivity contribution in [3.8, 4) is 11.4 Å². The van der Waals surface area contributed by atoms with E-state index in [1.165, 1.54) is 29.1 Å². The first-order valence-electron chi connectivity index (χ1n) is 7.44. The molecular weight excluding hydrogens is 357 g/mol. The third-order valence-corrected chi connectivity index (χ3v) is 3.69. The highest BCUT2D eigenvalue weighted by Crippen LogP contribution is 2.19. The summed E-state index contributed by atoms with van der Waals surface area (Å²) in [5.74, 6) is 0.0654. The maximum absolute atomic E-state index is 13.1. The standard InChI is InChI=1S/C17H12FN5O2S/c18-14-9-7-13(8-10-14)16-20-21-17(26)22(16)19-11-3-5-12-4-1-2-6-15(12)23(24)25/h1-11H,(H,21,26)/b5-3+,19-11-. The molecule has 0 saturated heterocycles. The van der Waals surface area contributed by atoms with E-state index in [0.717, 1.165) is 0 Å². The lowest BCUT2D eigenvalue weighted by Gasteiger charge is -2.00. The van der Waals surface area contributed by atoms with Crippen LogP contribution in [0.1, 0.15) is 5.56 Å². The van der Waals surface area contributed by atoms with Gasteiger partial charge in [-0.15, -0.1) is 0 Å². The molecular formula is C17H12FN5O2S. The van der Waals surface area contributed by atoms with Gasteiger partial charge in [-0.2, -0.15) is 14.9 Å². The van der Waals surface area contributed by atoms with Crippen LogP contribution < -0.4 is 0 Å². The first-order valence-corrected chi connectivity index (χ1v) is 7.85. The number of nitrogens with zero attached hydrogens (tertiary/aromatic N) is 4. The van der Waals surface area contributed by atoms with Gasteiger partial charge in [0, 0.05) is 17.8 Å². The molecule has 1 aromatic heterocycles. The number of rotatable bonds is 5. The fraction of sp³-hybridized carbons (Fsp3) is 0. The summed E-state index contributed by atoms with van der Waals surface area (Å²) in [5, 5.41) is 21.9. The third kappa shape index (κ3) is 3.78. The SMILES string of the molecule is O=[N+]([O-])c1ccccc1/C=C/C=N\n1c(-c2ccc(F)cc2)n[nH]c1=S. The van der Waals surface area contributed by atoms with Gasteiger partial charge in [0.05, 0.1) is 10.5 Å². The fourth-order valence-corrected chi connectivity index (χ4v) is 2.41. The Kier molecular flexibility index (Phi) is 5.09. The number of hydrogen-bond donors (Lipinski definition) is 1. The number of aromatic nitrogens is 3. The van der Waals surface area contributed by atoms with Gasteiger partial charge < -0.3 is 0 Å². The van der Waals surface area contributed by atoms with Crippen molar-refractivity contribution in [3.63, 3.8) is 0 Å². The minimum Gasteiger partial charge on any atom is -0.258 e. The summed E-state index contributed by atoms with van der Waals surface area (Å²) in [5.41, 5.74) is 1.10. The molecule has 0 amide bonds. The lowest BCUT2D eigenvalue weighted by Crippen LogP contribution is -1.94. The van der Waals surface area contributed by atoms with Crippen molar-refractivity contribution < 1.29 is 9.31 Å². The van der Waals surface area contributed by atoms with E-state index in [4.69, 9.17) is 12.2 Å². The van der Waals surface area contributed by atoms with Crippen molar-refractivity contribution in [2.45, 2.75) is 0 Å². The Morgan fingerprint density at radius 1 is 1.23 bits per heavy atom. The topological polar surface area (TPSA) is 89.1 Å². The molecule has 0 spiro atoms. The number of halogens is 1. The van der Waals surface area contributed by atoms with Gasteiger partial charge in [-0.3, -0.25) is 10.1 Å². The summed E-state index contributed by atoms with van der Waals surface area (Å²) in [4.78, 5) is 10.5. The van der Waals surface area contributed by atoms with Crippen LogP contribution in [-0.2, 0) is 0 Å². The number of para-hydroxylation sites is 1. The highest BCUT2D eigenvalue weighted by Gasteiger charge is 2.09. The number of allylic oxidation sites excluding steroid dienone is 1. The predicted molar refractivity (Wildman–Crippen MR) is 98.8 cm³/mol. The summed E-state index contributed by atoms with van der Waals surface area (Å²) in [6.07, 6.45) is 4.57. The Morgan fingerprint density at radius 3 is 2.69 bits per heavy atom. The molecule has 0 bridgehead atoms. The second kappa shape index (κ2) is 7.62. The molecule has 2 aromatic carbocycles. The number of nitro benzene ring substituents is 1. The quantitative estimate of drug-likeness (QED) is 0.316. The third-order valence-electron chi connectivity index (χ3n) is 3.43. The molecule has 3 aromatic rings. The van der Waals surface area contributed by atoms with Crippen LogP contribution in [0.15, 0.2) is 59.7 Å². The highest BCUT2D eigenvalue weighted by molar-refractivity contribution is 7.71. The lowest BCUT2D eigenvalue weighted by molar-refractivity contribution is -0.385. The van der Waals surface area contributed by atoms with E-state index >= 15 is 0 Å². The van der Waals surface area contributed by atoms with Crippen LogP contribution in [0.4, 0.5) is 10.1 Å². The zero-order valence-corrected chi connectivity index (χ0v) is 14.1. The van der Waals surface area contributed by atoms with Crippen LogP contribution in [0.3, 0.4) is 0 Å². The Morgan fingerprint density at radius 2 is 1.96 bits per heavy atom. The van der Waals surface area contributed by atoms with Gasteiger partial charge in [-0.25, -0.2) is 9.49 Å². The van der Waals surface area contributed by atoms with Crippen molar-refractivity contribution in [1.82, 2.24) is 14.9 Å². The summed E-state index contributed by atoms with van der Waals surface area (Å²) in [6.45, 7) is 0. The largest absolute Gasteiger partial charge is 0.276 e. The fourth-order valence-electron chi connectivity index (χ4n) is 2.23. The van der Waals surface area contributed by atoms with E-state index in [0.29, 0.717) is 17.0 Å². The molecule has 1 heterocycles. The molecule has 0 radical (unpaired) electrons. The van der Waals surface area contributed by atoms with E-state index in [-0.39, 0.29) is 16.3 Å².